The smallest absolute Gasteiger partial charge is 0.242 e. The summed E-state index contributed by atoms with van der Waals surface area (Å²) in [6, 6.07) is 3.01. The predicted molar refractivity (Wildman–Crippen MR) is 88.5 cm³/mol. The highest BCUT2D eigenvalue weighted by atomic mass is 35.5. The van der Waals surface area contributed by atoms with Crippen LogP contribution in [-0.4, -0.2) is 21.5 Å². The molecule has 4 nitrogen and oxygen atoms in total. The molecule has 0 bridgehead atoms. The summed E-state index contributed by atoms with van der Waals surface area (Å²) in [5.41, 5.74) is 0.603. The van der Waals surface area contributed by atoms with Gasteiger partial charge in [-0.1, -0.05) is 50.4 Å². The van der Waals surface area contributed by atoms with E-state index in [0.717, 1.165) is 13.0 Å². The van der Waals surface area contributed by atoms with E-state index in [0.29, 0.717) is 23.7 Å². The molecule has 0 amide bonds. The lowest BCUT2D eigenvalue weighted by atomic mass is 10.1. The molecule has 1 aromatic carbocycles. The normalized spacial score (nSPS) is 13.4. The quantitative estimate of drug-likeness (QED) is 0.753. The Kier molecular flexibility index (Phi) is 7.44. The molecule has 0 fully saturated rings. The maximum atomic E-state index is 12.4. The number of hydrogen-bond donors (Lipinski definition) is 2. The van der Waals surface area contributed by atoms with Gasteiger partial charge in [0.1, 0.15) is 4.90 Å². The van der Waals surface area contributed by atoms with Crippen molar-refractivity contribution >= 4 is 33.2 Å². The fourth-order valence-electron chi connectivity index (χ4n) is 1.67. The van der Waals surface area contributed by atoms with E-state index in [-0.39, 0.29) is 15.8 Å². The second-order valence-corrected chi connectivity index (χ2v) is 7.50. The van der Waals surface area contributed by atoms with Crippen molar-refractivity contribution in [3.8, 4) is 0 Å². The van der Waals surface area contributed by atoms with E-state index in [9.17, 15) is 8.42 Å². The molecule has 2 N–H and O–H groups in total. The number of halogens is 2. The molecule has 21 heavy (non-hydrogen) atoms. The van der Waals surface area contributed by atoms with E-state index >= 15 is 0 Å². The van der Waals surface area contributed by atoms with E-state index in [4.69, 9.17) is 23.2 Å². The summed E-state index contributed by atoms with van der Waals surface area (Å²) < 4.78 is 27.3. The SMILES string of the molecule is CCNCc1c(Cl)ccc(S(=O)(=O)NCC(C)CC)c1Cl. The number of benzene rings is 1. The fraction of sp³-hybridized carbons (Fsp3) is 0.571. The Labute approximate surface area is 137 Å². The summed E-state index contributed by atoms with van der Waals surface area (Å²) in [6.07, 6.45) is 0.905. The Morgan fingerprint density at radius 2 is 1.90 bits per heavy atom. The zero-order valence-corrected chi connectivity index (χ0v) is 14.9. The standard InChI is InChI=1S/C14H22Cl2N2O2S/c1-4-10(3)8-18-21(19,20)13-7-6-12(15)11(14(13)16)9-17-5-2/h6-7,10,17-18H,4-5,8-9H2,1-3H3. The molecule has 0 aliphatic carbocycles. The highest BCUT2D eigenvalue weighted by Gasteiger charge is 2.21. The number of rotatable bonds is 8. The molecule has 120 valence electrons. The monoisotopic (exact) mass is 352 g/mol. The van der Waals surface area contributed by atoms with Gasteiger partial charge < -0.3 is 5.32 Å². The predicted octanol–water partition coefficient (Wildman–Crippen LogP) is 3.43. The molecule has 1 rings (SSSR count). The van der Waals surface area contributed by atoms with Crippen molar-refractivity contribution in [3.63, 3.8) is 0 Å². The van der Waals surface area contributed by atoms with Gasteiger partial charge in [0, 0.05) is 23.7 Å². The van der Waals surface area contributed by atoms with Gasteiger partial charge in [-0.05, 0) is 24.6 Å². The summed E-state index contributed by atoms with van der Waals surface area (Å²) in [6.45, 7) is 7.53. The lowest BCUT2D eigenvalue weighted by Gasteiger charge is -2.15. The van der Waals surface area contributed by atoms with Crippen molar-refractivity contribution in [1.29, 1.82) is 0 Å². The Balaban J connectivity index is 3.07. The van der Waals surface area contributed by atoms with Gasteiger partial charge in [-0.25, -0.2) is 13.1 Å². The average molecular weight is 353 g/mol. The Bertz CT molecular complexity index is 577. The van der Waals surface area contributed by atoms with Crippen molar-refractivity contribution in [2.24, 2.45) is 5.92 Å². The van der Waals surface area contributed by atoms with Crippen LogP contribution in [0, 0.1) is 5.92 Å². The molecule has 0 heterocycles. The topological polar surface area (TPSA) is 58.2 Å². The summed E-state index contributed by atoms with van der Waals surface area (Å²) in [5, 5.41) is 3.74. The van der Waals surface area contributed by atoms with Crippen LogP contribution < -0.4 is 10.0 Å². The van der Waals surface area contributed by atoms with Crippen LogP contribution in [0.2, 0.25) is 10.0 Å². The number of sulfonamides is 1. The van der Waals surface area contributed by atoms with E-state index in [1.165, 1.54) is 6.07 Å². The molecular weight excluding hydrogens is 331 g/mol. The zero-order valence-electron chi connectivity index (χ0n) is 12.5. The van der Waals surface area contributed by atoms with Crippen molar-refractivity contribution in [3.05, 3.63) is 27.7 Å². The summed E-state index contributed by atoms with van der Waals surface area (Å²) in [7, 11) is -3.63. The molecule has 0 aromatic heterocycles. The Morgan fingerprint density at radius 1 is 1.24 bits per heavy atom. The van der Waals surface area contributed by atoms with E-state index in [1.807, 2.05) is 20.8 Å². The maximum Gasteiger partial charge on any atom is 0.242 e. The first-order chi connectivity index (χ1) is 9.83. The zero-order chi connectivity index (χ0) is 16.0. The minimum atomic E-state index is -3.63. The van der Waals surface area contributed by atoms with Crippen molar-refractivity contribution in [1.82, 2.24) is 10.0 Å². The molecule has 1 aromatic rings. The average Bonchev–Trinajstić information content (AvgIpc) is 2.44. The van der Waals surface area contributed by atoms with Gasteiger partial charge in [-0.3, -0.25) is 0 Å². The van der Waals surface area contributed by atoms with Gasteiger partial charge in [-0.15, -0.1) is 0 Å². The fourth-order valence-corrected chi connectivity index (χ4v) is 3.74. The Morgan fingerprint density at radius 3 is 2.48 bits per heavy atom. The first-order valence-electron chi connectivity index (χ1n) is 7.00. The van der Waals surface area contributed by atoms with Gasteiger partial charge >= 0.3 is 0 Å². The van der Waals surface area contributed by atoms with E-state index in [1.54, 1.807) is 6.07 Å². The highest BCUT2D eigenvalue weighted by molar-refractivity contribution is 7.89. The van der Waals surface area contributed by atoms with Gasteiger partial charge in [0.15, 0.2) is 0 Å². The highest BCUT2D eigenvalue weighted by Crippen LogP contribution is 2.31. The van der Waals surface area contributed by atoms with Gasteiger partial charge in [0.2, 0.25) is 10.0 Å². The van der Waals surface area contributed by atoms with E-state index in [2.05, 4.69) is 10.0 Å². The minimum absolute atomic E-state index is 0.0739. The van der Waals surface area contributed by atoms with Crippen LogP contribution in [0.25, 0.3) is 0 Å². The van der Waals surface area contributed by atoms with Crippen molar-refractivity contribution in [2.75, 3.05) is 13.1 Å². The molecule has 7 heteroatoms. The van der Waals surface area contributed by atoms with Gasteiger partial charge in [-0.2, -0.15) is 0 Å². The molecule has 0 radical (unpaired) electrons. The third-order valence-electron chi connectivity index (χ3n) is 3.31. The molecule has 0 spiro atoms. The van der Waals surface area contributed by atoms with Crippen LogP contribution in [-0.2, 0) is 16.6 Å². The number of nitrogens with one attached hydrogen (secondary N) is 2. The molecule has 0 aliphatic rings. The van der Waals surface area contributed by atoms with E-state index < -0.39 is 10.0 Å². The Hall–Kier alpha value is -0.330. The second-order valence-electron chi connectivity index (χ2n) is 4.98. The molecule has 0 saturated carbocycles. The van der Waals surface area contributed by atoms with Crippen LogP contribution >= 0.6 is 23.2 Å². The third kappa shape index (κ3) is 5.11. The largest absolute Gasteiger partial charge is 0.313 e. The molecule has 0 saturated heterocycles. The second kappa shape index (κ2) is 8.34. The summed E-state index contributed by atoms with van der Waals surface area (Å²) in [4.78, 5) is 0.0739. The van der Waals surface area contributed by atoms with Crippen LogP contribution in [0.4, 0.5) is 0 Å². The van der Waals surface area contributed by atoms with Crippen LogP contribution in [0.3, 0.4) is 0 Å². The molecule has 1 unspecified atom stereocenters. The summed E-state index contributed by atoms with van der Waals surface area (Å²) >= 11 is 12.3. The number of hydrogen-bond acceptors (Lipinski definition) is 3. The van der Waals surface area contributed by atoms with Gasteiger partial charge in [0.05, 0.1) is 5.02 Å². The molecular formula is C14H22Cl2N2O2S. The van der Waals surface area contributed by atoms with Crippen LogP contribution in [0.1, 0.15) is 32.8 Å². The summed E-state index contributed by atoms with van der Waals surface area (Å²) in [5.74, 6) is 0.270. The minimum Gasteiger partial charge on any atom is -0.313 e. The lowest BCUT2D eigenvalue weighted by Crippen LogP contribution is -2.28. The first-order valence-corrected chi connectivity index (χ1v) is 9.24. The van der Waals surface area contributed by atoms with Crippen molar-refractivity contribution < 1.29 is 8.42 Å². The first kappa shape index (κ1) is 18.7. The van der Waals surface area contributed by atoms with Crippen LogP contribution in [0.15, 0.2) is 17.0 Å². The molecule has 1 atom stereocenters. The van der Waals surface area contributed by atoms with Crippen molar-refractivity contribution in [2.45, 2.75) is 38.6 Å². The lowest BCUT2D eigenvalue weighted by molar-refractivity contribution is 0.528. The maximum absolute atomic E-state index is 12.4. The third-order valence-corrected chi connectivity index (χ3v) is 5.67. The van der Waals surface area contributed by atoms with Crippen LogP contribution in [0.5, 0.6) is 0 Å². The van der Waals surface area contributed by atoms with Gasteiger partial charge in [0.25, 0.3) is 0 Å². The molecule has 0 aliphatic heterocycles.